The first-order valence-electron chi connectivity index (χ1n) is 9.21. The van der Waals surface area contributed by atoms with Crippen molar-refractivity contribution < 1.29 is 45.0 Å². The van der Waals surface area contributed by atoms with Gasteiger partial charge in [0.25, 0.3) is 0 Å². The lowest BCUT2D eigenvalue weighted by molar-refractivity contribution is -0.295. The predicted octanol–water partition coefficient (Wildman–Crippen LogP) is 5.79. The van der Waals surface area contributed by atoms with Crippen LogP contribution in [-0.4, -0.2) is 38.6 Å². The third-order valence-corrected chi connectivity index (χ3v) is 7.78. The van der Waals surface area contributed by atoms with Crippen LogP contribution >= 0.6 is 0 Å². The maximum atomic E-state index is 14.9. The highest BCUT2D eigenvalue weighted by Gasteiger charge is 2.70. The molecule has 0 aliphatic rings. The van der Waals surface area contributed by atoms with Crippen molar-refractivity contribution in [1.82, 2.24) is 0 Å². The number of hydrogen-bond acceptors (Lipinski definition) is 2. The van der Waals surface area contributed by atoms with Crippen LogP contribution < -0.4 is 10.5 Å². The second kappa shape index (κ2) is 10.1. The number of halogens is 8. The zero-order valence-electron chi connectivity index (χ0n) is 16.8. The summed E-state index contributed by atoms with van der Waals surface area (Å²) >= 11 is 0. The molecule has 2 atom stereocenters. The molecule has 176 valence electrons. The summed E-state index contributed by atoms with van der Waals surface area (Å²) < 4.78 is 107. The molecule has 3 nitrogen and oxygen atoms in total. The van der Waals surface area contributed by atoms with Gasteiger partial charge in [-0.2, -0.15) is 31.3 Å². The second-order valence-corrected chi connectivity index (χ2v) is 12.0. The first kappa shape index (κ1) is 27.1. The monoisotopic (exact) mass is 477 g/mol. The van der Waals surface area contributed by atoms with Crippen molar-refractivity contribution in [3.8, 4) is 0 Å². The average Bonchev–Trinajstić information content (AvgIpc) is 2.63. The van der Waals surface area contributed by atoms with Gasteiger partial charge in [-0.25, -0.2) is 4.39 Å². The Morgan fingerprint density at radius 1 is 1.10 bits per heavy atom. The molecule has 0 saturated carbocycles. The molecule has 0 aliphatic carbocycles. The number of hydrogen-bond donors (Lipinski definition) is 1. The number of benzene rings is 1. The van der Waals surface area contributed by atoms with E-state index < -0.39 is 63.8 Å². The highest BCUT2D eigenvalue weighted by atomic mass is 28.3. The summed E-state index contributed by atoms with van der Waals surface area (Å²) in [6.45, 7) is 6.86. The predicted molar refractivity (Wildman–Crippen MR) is 103 cm³/mol. The molecule has 2 unspecified atom stereocenters. The molecular formula is C19H23F8NO2Si. The van der Waals surface area contributed by atoms with Crippen molar-refractivity contribution >= 4 is 24.9 Å². The first-order valence-corrected chi connectivity index (χ1v) is 12.3. The van der Waals surface area contributed by atoms with Gasteiger partial charge in [0.15, 0.2) is 5.92 Å². The molecule has 0 heterocycles. The molecule has 0 aliphatic heterocycles. The molecule has 0 radical (unpaired) electrons. The lowest BCUT2D eigenvalue weighted by atomic mass is 9.82. The number of rotatable bonds is 10. The summed E-state index contributed by atoms with van der Waals surface area (Å²) in [7, 11) is -2.02. The quantitative estimate of drug-likeness (QED) is 0.263. The molecule has 1 amide bonds. The Hall–Kier alpha value is -1.95. The van der Waals surface area contributed by atoms with E-state index in [9.17, 15) is 40.1 Å². The normalized spacial score (nSPS) is 15.8. The summed E-state index contributed by atoms with van der Waals surface area (Å²) in [6.07, 6.45) is -14.8. The van der Waals surface area contributed by atoms with Crippen molar-refractivity contribution in [2.75, 3.05) is 11.9 Å². The fraction of sp³-hybridized carbons (Fsp3) is 0.526. The van der Waals surface area contributed by atoms with Crippen LogP contribution in [0.15, 0.2) is 36.5 Å². The van der Waals surface area contributed by atoms with E-state index in [2.05, 4.69) is 11.5 Å². The van der Waals surface area contributed by atoms with Gasteiger partial charge in [0, 0.05) is 5.69 Å². The number of unbranched alkanes of at least 4 members (excludes halogenated alkanes) is 1. The number of amides is 1. The smallest absolute Gasteiger partial charge is 0.325 e. The largest absolute Gasteiger partial charge is 0.423 e. The van der Waals surface area contributed by atoms with Crippen LogP contribution in [0.3, 0.4) is 0 Å². The highest BCUT2D eigenvalue weighted by Crippen LogP contribution is 2.49. The van der Waals surface area contributed by atoms with Crippen LogP contribution in [0.4, 0.5) is 40.9 Å². The summed E-state index contributed by atoms with van der Waals surface area (Å²) in [5, 5.41) is 2.55. The molecular weight excluding hydrogens is 454 g/mol. The summed E-state index contributed by atoms with van der Waals surface area (Å²) in [5.74, 6) is -6.19. The van der Waals surface area contributed by atoms with Gasteiger partial charge >= 0.3 is 12.4 Å². The lowest BCUT2D eigenvalue weighted by Crippen LogP contribution is -2.57. The number of nitrogens with one attached hydrogen (secondary N) is 1. The van der Waals surface area contributed by atoms with Crippen LogP contribution in [0.5, 0.6) is 0 Å². The van der Waals surface area contributed by atoms with E-state index in [1.165, 1.54) is 24.3 Å². The molecule has 0 fully saturated rings. The molecule has 1 aromatic rings. The summed E-state index contributed by atoms with van der Waals surface area (Å²) in [5.41, 5.74) is -3.37. The molecule has 1 N–H and O–H groups in total. The van der Waals surface area contributed by atoms with E-state index in [1.807, 2.05) is 13.1 Å². The Morgan fingerprint density at radius 2 is 1.65 bits per heavy atom. The van der Waals surface area contributed by atoms with Crippen LogP contribution in [-0.2, 0) is 9.74 Å². The Morgan fingerprint density at radius 3 is 2.06 bits per heavy atom. The Kier molecular flexibility index (Phi) is 8.83. The van der Waals surface area contributed by atoms with Crippen LogP contribution in [0.1, 0.15) is 19.3 Å². The maximum Gasteiger partial charge on any atom is 0.423 e. The van der Waals surface area contributed by atoms with E-state index in [4.69, 9.17) is 0 Å². The second-order valence-electron chi connectivity index (χ2n) is 7.60. The van der Waals surface area contributed by atoms with E-state index in [1.54, 1.807) is 11.0 Å². The molecule has 0 aromatic heterocycles. The van der Waals surface area contributed by atoms with Gasteiger partial charge in [-0.3, -0.25) is 4.79 Å². The lowest BCUT2D eigenvalue weighted by Gasteiger charge is -2.35. The van der Waals surface area contributed by atoms with Gasteiger partial charge in [-0.1, -0.05) is 36.1 Å². The number of carbonyl (C=O) groups is 1. The van der Waals surface area contributed by atoms with E-state index in [0.29, 0.717) is 0 Å². The molecule has 0 saturated heterocycles. The van der Waals surface area contributed by atoms with Crippen LogP contribution in [0.2, 0.25) is 13.1 Å². The fourth-order valence-corrected chi connectivity index (χ4v) is 4.18. The van der Waals surface area contributed by atoms with Gasteiger partial charge in [-0.15, -0.1) is 6.58 Å². The standard InChI is InChI=1S/C19H23F8NO2Si/c1-4-31(2,3)14-9-7-13(8-10-14)28-16(29)15(18(21,22)23)17(20,19(24,25)26)11-5-6-12-30-27/h4,7-10,15H,1,5-6,11-12H2,2-3H3,(H,28,29). The minimum Gasteiger partial charge on any atom is -0.325 e. The van der Waals surface area contributed by atoms with Gasteiger partial charge in [-0.05, 0) is 35.9 Å². The summed E-state index contributed by atoms with van der Waals surface area (Å²) in [6, 6.07) is 5.47. The number of anilines is 1. The Labute approximate surface area is 175 Å². The Balaban J connectivity index is 3.22. The number of alkyl halides is 7. The third-order valence-electron chi connectivity index (χ3n) is 4.94. The van der Waals surface area contributed by atoms with Gasteiger partial charge in [0.1, 0.15) is 8.07 Å². The van der Waals surface area contributed by atoms with Crippen molar-refractivity contribution in [2.24, 2.45) is 5.92 Å². The zero-order valence-corrected chi connectivity index (χ0v) is 17.8. The van der Waals surface area contributed by atoms with Crippen molar-refractivity contribution in [1.29, 1.82) is 0 Å². The van der Waals surface area contributed by atoms with Gasteiger partial charge in [0.2, 0.25) is 11.6 Å². The van der Waals surface area contributed by atoms with Crippen molar-refractivity contribution in [3.63, 3.8) is 0 Å². The minimum absolute atomic E-state index is 0.216. The van der Waals surface area contributed by atoms with E-state index in [0.717, 1.165) is 5.19 Å². The third kappa shape index (κ3) is 6.76. The van der Waals surface area contributed by atoms with E-state index in [-0.39, 0.29) is 5.69 Å². The Bertz CT molecular complexity index is 749. The molecule has 1 rings (SSSR count). The molecule has 0 bridgehead atoms. The van der Waals surface area contributed by atoms with Crippen LogP contribution in [0.25, 0.3) is 0 Å². The fourth-order valence-electron chi connectivity index (χ4n) is 2.92. The van der Waals surface area contributed by atoms with Crippen LogP contribution in [0, 0.1) is 5.92 Å². The molecule has 12 heteroatoms. The molecule has 1 aromatic carbocycles. The number of carbonyl (C=O) groups excluding carboxylic acids is 1. The van der Waals surface area contributed by atoms with Gasteiger partial charge in [0.05, 0.1) is 6.61 Å². The van der Waals surface area contributed by atoms with Crippen molar-refractivity contribution in [3.05, 3.63) is 36.5 Å². The first-order chi connectivity index (χ1) is 14.1. The average molecular weight is 477 g/mol. The molecule has 0 spiro atoms. The zero-order chi connectivity index (χ0) is 24.1. The van der Waals surface area contributed by atoms with Crippen molar-refractivity contribution in [2.45, 2.75) is 50.4 Å². The maximum absolute atomic E-state index is 14.9. The SMILES string of the molecule is C=C[Si](C)(C)c1ccc(NC(=O)C(C(F)(F)F)C(F)(CCCCOF)C(F)(F)F)cc1. The van der Waals surface area contributed by atoms with Gasteiger partial charge < -0.3 is 5.32 Å². The summed E-state index contributed by atoms with van der Waals surface area (Å²) in [4.78, 5) is 15.3. The van der Waals surface area contributed by atoms with E-state index >= 15 is 0 Å². The molecule has 31 heavy (non-hydrogen) atoms. The minimum atomic E-state index is -6.00. The topological polar surface area (TPSA) is 38.3 Å². The highest BCUT2D eigenvalue weighted by molar-refractivity contribution is 6.93.